The molecule has 0 bridgehead atoms. The zero-order chi connectivity index (χ0) is 10.6. The van der Waals surface area contributed by atoms with Gasteiger partial charge in [-0.2, -0.15) is 8.75 Å². The summed E-state index contributed by atoms with van der Waals surface area (Å²) in [6.45, 7) is 5.05. The van der Waals surface area contributed by atoms with Gasteiger partial charge >= 0.3 is 0 Å². The van der Waals surface area contributed by atoms with E-state index < -0.39 is 0 Å². The van der Waals surface area contributed by atoms with Crippen LogP contribution in [0.2, 0.25) is 5.15 Å². The van der Waals surface area contributed by atoms with Crippen LogP contribution in [0.15, 0.2) is 0 Å². The van der Waals surface area contributed by atoms with Crippen LogP contribution in [0.3, 0.4) is 0 Å². The number of rotatable bonds is 5. The number of hydrogen-bond acceptors (Lipinski definition) is 5. The fourth-order valence-electron chi connectivity index (χ4n) is 1.19. The second-order valence-corrected chi connectivity index (χ2v) is 4.13. The Morgan fingerprint density at radius 1 is 1.50 bits per heavy atom. The molecule has 80 valence electrons. The van der Waals surface area contributed by atoms with Crippen molar-refractivity contribution in [1.29, 1.82) is 0 Å². The van der Waals surface area contributed by atoms with Crippen LogP contribution in [0.5, 0.6) is 0 Å². The summed E-state index contributed by atoms with van der Waals surface area (Å²) < 4.78 is 8.05. The van der Waals surface area contributed by atoms with Gasteiger partial charge in [0, 0.05) is 19.2 Å². The molecule has 0 spiro atoms. The lowest BCUT2D eigenvalue weighted by Gasteiger charge is -2.26. The Kier molecular flexibility index (Phi) is 4.57. The lowest BCUT2D eigenvalue weighted by Crippen LogP contribution is -2.32. The Morgan fingerprint density at radius 3 is 2.64 bits per heavy atom. The molecule has 0 aliphatic heterocycles. The Hall–Kier alpha value is -0.390. The molecule has 0 amide bonds. The van der Waals surface area contributed by atoms with Crippen LogP contribution in [-0.2, 0) is 0 Å². The maximum atomic E-state index is 8.77. The first kappa shape index (κ1) is 11.7. The minimum atomic E-state index is 0.179. The molecule has 14 heavy (non-hydrogen) atoms. The van der Waals surface area contributed by atoms with Crippen molar-refractivity contribution in [2.45, 2.75) is 26.3 Å². The highest BCUT2D eigenvalue weighted by molar-refractivity contribution is 6.99. The third kappa shape index (κ3) is 2.80. The molecule has 0 aliphatic carbocycles. The molecule has 0 radical (unpaired) electrons. The van der Waals surface area contributed by atoms with Gasteiger partial charge in [0.2, 0.25) is 0 Å². The molecule has 1 rings (SSSR count). The van der Waals surface area contributed by atoms with Gasteiger partial charge in [-0.15, -0.1) is 0 Å². The number of aliphatic hydroxyl groups is 1. The number of anilines is 1. The number of nitrogens with zero attached hydrogens (tertiary/aromatic N) is 3. The highest BCUT2D eigenvalue weighted by Gasteiger charge is 2.16. The number of aromatic nitrogens is 2. The van der Waals surface area contributed by atoms with Crippen LogP contribution in [0.4, 0.5) is 5.82 Å². The average Bonchev–Trinajstić information content (AvgIpc) is 2.52. The molecule has 0 atom stereocenters. The molecule has 4 nitrogen and oxygen atoms in total. The third-order valence-electron chi connectivity index (χ3n) is 1.89. The van der Waals surface area contributed by atoms with Crippen molar-refractivity contribution < 1.29 is 5.11 Å². The van der Waals surface area contributed by atoms with Gasteiger partial charge in [0.15, 0.2) is 11.0 Å². The van der Waals surface area contributed by atoms with Crippen LogP contribution in [-0.4, -0.2) is 33.0 Å². The summed E-state index contributed by atoms with van der Waals surface area (Å²) in [4.78, 5) is 2.04. The highest BCUT2D eigenvalue weighted by Crippen LogP contribution is 2.24. The summed E-state index contributed by atoms with van der Waals surface area (Å²) in [5, 5.41) is 9.22. The molecule has 1 N–H and O–H groups in total. The van der Waals surface area contributed by atoms with E-state index in [-0.39, 0.29) is 6.61 Å². The van der Waals surface area contributed by atoms with Crippen molar-refractivity contribution >= 4 is 29.1 Å². The van der Waals surface area contributed by atoms with E-state index in [9.17, 15) is 0 Å². The average molecular weight is 236 g/mol. The Morgan fingerprint density at radius 2 is 2.21 bits per heavy atom. The summed E-state index contributed by atoms with van der Waals surface area (Å²) in [6, 6.07) is 0.308. The van der Waals surface area contributed by atoms with E-state index >= 15 is 0 Å². The number of aliphatic hydroxyl groups excluding tert-OH is 1. The van der Waals surface area contributed by atoms with E-state index in [4.69, 9.17) is 16.7 Å². The van der Waals surface area contributed by atoms with E-state index in [0.717, 1.165) is 24.1 Å². The predicted molar refractivity (Wildman–Crippen MR) is 59.1 cm³/mol. The standard InChI is InChI=1S/C8H14ClN3OS/c1-6(2)12(4-3-5-13)8-7(9)10-14-11-8/h6,13H,3-5H2,1-2H3. The van der Waals surface area contributed by atoms with E-state index in [0.29, 0.717) is 17.6 Å². The SMILES string of the molecule is CC(C)N(CCCO)c1nsnc1Cl. The van der Waals surface area contributed by atoms with E-state index in [1.54, 1.807) is 0 Å². The Balaban J connectivity index is 2.73. The summed E-state index contributed by atoms with van der Waals surface area (Å²) in [5.74, 6) is 0.722. The predicted octanol–water partition coefficient (Wildman–Crippen LogP) is 1.79. The maximum Gasteiger partial charge on any atom is 0.187 e. The van der Waals surface area contributed by atoms with Crippen molar-refractivity contribution in [2.75, 3.05) is 18.1 Å². The normalized spacial score (nSPS) is 10.9. The molecule has 1 aromatic heterocycles. The van der Waals surface area contributed by atoms with Crippen molar-refractivity contribution in [3.8, 4) is 0 Å². The van der Waals surface area contributed by atoms with Gasteiger partial charge in [-0.25, -0.2) is 0 Å². The minimum absolute atomic E-state index is 0.179. The van der Waals surface area contributed by atoms with Gasteiger partial charge in [0.05, 0.1) is 11.7 Å². The topological polar surface area (TPSA) is 49.2 Å². The van der Waals surface area contributed by atoms with Gasteiger partial charge in [-0.05, 0) is 20.3 Å². The van der Waals surface area contributed by atoms with Crippen LogP contribution in [0.1, 0.15) is 20.3 Å². The van der Waals surface area contributed by atoms with Crippen molar-refractivity contribution in [3.05, 3.63) is 5.15 Å². The molecular weight excluding hydrogens is 222 g/mol. The third-order valence-corrected chi connectivity index (χ3v) is 2.76. The maximum absolute atomic E-state index is 8.77. The lowest BCUT2D eigenvalue weighted by atomic mass is 10.3. The first-order valence-corrected chi connectivity index (χ1v) is 5.63. The Bertz CT molecular complexity index is 279. The molecule has 1 aromatic rings. The molecule has 0 unspecified atom stereocenters. The molecule has 0 aromatic carbocycles. The van der Waals surface area contributed by atoms with Gasteiger partial charge in [-0.1, -0.05) is 11.6 Å². The molecule has 1 heterocycles. The van der Waals surface area contributed by atoms with E-state index in [2.05, 4.69) is 22.6 Å². The highest BCUT2D eigenvalue weighted by atomic mass is 35.5. The second-order valence-electron chi connectivity index (χ2n) is 3.24. The summed E-state index contributed by atoms with van der Waals surface area (Å²) in [7, 11) is 0. The monoisotopic (exact) mass is 235 g/mol. The van der Waals surface area contributed by atoms with E-state index in [1.807, 2.05) is 4.90 Å². The van der Waals surface area contributed by atoms with Crippen molar-refractivity contribution in [3.63, 3.8) is 0 Å². The smallest absolute Gasteiger partial charge is 0.187 e. The van der Waals surface area contributed by atoms with Gasteiger partial charge in [0.1, 0.15) is 0 Å². The molecule has 0 fully saturated rings. The quantitative estimate of drug-likeness (QED) is 0.846. The first-order chi connectivity index (χ1) is 6.66. The second kappa shape index (κ2) is 5.48. The number of halogens is 1. The summed E-state index contributed by atoms with van der Waals surface area (Å²) in [6.07, 6.45) is 0.714. The van der Waals surface area contributed by atoms with Gasteiger partial charge in [-0.3, -0.25) is 0 Å². The number of hydrogen-bond donors (Lipinski definition) is 1. The molecule has 0 aliphatic rings. The van der Waals surface area contributed by atoms with Gasteiger partial charge in [0.25, 0.3) is 0 Å². The Labute approximate surface area is 92.8 Å². The fourth-order valence-corrected chi connectivity index (χ4v) is 1.95. The van der Waals surface area contributed by atoms with Gasteiger partial charge < -0.3 is 10.0 Å². The van der Waals surface area contributed by atoms with Crippen LogP contribution in [0.25, 0.3) is 0 Å². The fraction of sp³-hybridized carbons (Fsp3) is 0.750. The van der Waals surface area contributed by atoms with Crippen LogP contribution < -0.4 is 4.90 Å². The molecule has 0 saturated heterocycles. The largest absolute Gasteiger partial charge is 0.396 e. The van der Waals surface area contributed by atoms with Crippen molar-refractivity contribution in [1.82, 2.24) is 8.75 Å². The van der Waals surface area contributed by atoms with Crippen molar-refractivity contribution in [2.24, 2.45) is 0 Å². The molecule has 0 saturated carbocycles. The zero-order valence-corrected chi connectivity index (χ0v) is 9.85. The molecular formula is C8H14ClN3OS. The minimum Gasteiger partial charge on any atom is -0.396 e. The molecule has 6 heteroatoms. The first-order valence-electron chi connectivity index (χ1n) is 4.52. The zero-order valence-electron chi connectivity index (χ0n) is 8.27. The lowest BCUT2D eigenvalue weighted by molar-refractivity contribution is 0.288. The van der Waals surface area contributed by atoms with Crippen LogP contribution in [0, 0.1) is 0 Å². The van der Waals surface area contributed by atoms with E-state index in [1.165, 1.54) is 0 Å². The van der Waals surface area contributed by atoms with Crippen LogP contribution >= 0.6 is 23.3 Å². The summed E-state index contributed by atoms with van der Waals surface area (Å²) in [5.41, 5.74) is 0. The summed E-state index contributed by atoms with van der Waals surface area (Å²) >= 11 is 7.00.